The van der Waals surface area contributed by atoms with E-state index in [0.29, 0.717) is 26.9 Å². The summed E-state index contributed by atoms with van der Waals surface area (Å²) in [5, 5.41) is 3.50. The Morgan fingerprint density at radius 1 is 1.43 bits per heavy atom. The molecule has 2 amide bonds. The summed E-state index contributed by atoms with van der Waals surface area (Å²) in [5.41, 5.74) is 1.50. The fraction of sp³-hybridized carbons (Fsp3) is 0.250. The van der Waals surface area contributed by atoms with Gasteiger partial charge in [-0.05, 0) is 24.6 Å². The first-order valence-electron chi connectivity index (χ1n) is 6.84. The van der Waals surface area contributed by atoms with Gasteiger partial charge in [0.1, 0.15) is 6.61 Å². The second-order valence-electron chi connectivity index (χ2n) is 5.00. The van der Waals surface area contributed by atoms with Crippen LogP contribution in [0.2, 0.25) is 10.0 Å². The zero-order chi connectivity index (χ0) is 17.1. The van der Waals surface area contributed by atoms with Crippen molar-refractivity contribution in [1.82, 2.24) is 10.2 Å². The van der Waals surface area contributed by atoms with Crippen molar-refractivity contribution in [3.63, 3.8) is 0 Å². The number of rotatable bonds is 4. The average molecular weight is 355 g/mol. The van der Waals surface area contributed by atoms with Crippen molar-refractivity contribution >= 4 is 35.2 Å². The van der Waals surface area contributed by atoms with E-state index >= 15 is 0 Å². The minimum Gasteiger partial charge on any atom is -0.458 e. The van der Waals surface area contributed by atoms with Crippen LogP contribution in [0.5, 0.6) is 0 Å². The molecule has 1 aliphatic rings. The van der Waals surface area contributed by atoms with Crippen molar-refractivity contribution in [2.45, 2.75) is 13.0 Å². The maximum atomic E-state index is 12.4. The summed E-state index contributed by atoms with van der Waals surface area (Å²) in [7, 11) is 1.58. The van der Waals surface area contributed by atoms with Crippen LogP contribution in [0.15, 0.2) is 42.1 Å². The zero-order valence-electron chi connectivity index (χ0n) is 12.7. The van der Waals surface area contributed by atoms with E-state index < -0.39 is 12.0 Å². The van der Waals surface area contributed by atoms with E-state index in [1.54, 1.807) is 32.2 Å². The summed E-state index contributed by atoms with van der Waals surface area (Å²) < 4.78 is 5.14. The lowest BCUT2D eigenvalue weighted by Crippen LogP contribution is -2.46. The summed E-state index contributed by atoms with van der Waals surface area (Å²) in [5.74, 6) is -0.523. The number of hydrogen-bond donors (Lipinski definition) is 1. The van der Waals surface area contributed by atoms with Crippen molar-refractivity contribution < 1.29 is 14.3 Å². The lowest BCUT2D eigenvalue weighted by molar-refractivity contribution is -0.138. The number of carbonyl (C=O) groups excluding carboxylic acids is 2. The second kappa shape index (κ2) is 7.06. The van der Waals surface area contributed by atoms with E-state index in [1.807, 2.05) is 0 Å². The van der Waals surface area contributed by atoms with E-state index in [0.717, 1.165) is 0 Å². The quantitative estimate of drug-likeness (QED) is 0.662. The van der Waals surface area contributed by atoms with Gasteiger partial charge in [-0.15, -0.1) is 0 Å². The summed E-state index contributed by atoms with van der Waals surface area (Å²) in [6.45, 7) is 5.29. The topological polar surface area (TPSA) is 58.6 Å². The van der Waals surface area contributed by atoms with Gasteiger partial charge in [0.25, 0.3) is 0 Å². The Balaban J connectivity index is 2.49. The van der Waals surface area contributed by atoms with E-state index in [9.17, 15) is 9.59 Å². The number of hydrogen-bond acceptors (Lipinski definition) is 3. The Bertz CT molecular complexity index is 701. The normalized spacial score (nSPS) is 17.8. The number of carbonyl (C=O) groups is 2. The lowest BCUT2D eigenvalue weighted by Gasteiger charge is -2.33. The highest BCUT2D eigenvalue weighted by Gasteiger charge is 2.35. The summed E-state index contributed by atoms with van der Waals surface area (Å²) >= 11 is 12.0. The van der Waals surface area contributed by atoms with Gasteiger partial charge in [-0.25, -0.2) is 9.59 Å². The third-order valence-corrected chi connectivity index (χ3v) is 4.32. The van der Waals surface area contributed by atoms with Crippen molar-refractivity contribution in [2.24, 2.45) is 0 Å². The Labute approximate surface area is 144 Å². The van der Waals surface area contributed by atoms with Gasteiger partial charge in [0.2, 0.25) is 0 Å². The van der Waals surface area contributed by atoms with Crippen LogP contribution in [0.25, 0.3) is 0 Å². The number of urea groups is 1. The zero-order valence-corrected chi connectivity index (χ0v) is 14.2. The van der Waals surface area contributed by atoms with Gasteiger partial charge in [0.05, 0.1) is 21.7 Å². The van der Waals surface area contributed by atoms with Crippen molar-refractivity contribution in [3.8, 4) is 0 Å². The maximum absolute atomic E-state index is 12.4. The second-order valence-corrected chi connectivity index (χ2v) is 5.82. The van der Waals surface area contributed by atoms with E-state index in [-0.39, 0.29) is 12.6 Å². The Hall–Kier alpha value is -1.98. The van der Waals surface area contributed by atoms with Gasteiger partial charge < -0.3 is 15.0 Å². The van der Waals surface area contributed by atoms with Crippen molar-refractivity contribution in [2.75, 3.05) is 13.7 Å². The van der Waals surface area contributed by atoms with Crippen LogP contribution >= 0.6 is 23.2 Å². The minimum absolute atomic E-state index is 0.0847. The molecular weight excluding hydrogens is 339 g/mol. The Kier molecular flexibility index (Phi) is 5.34. The fourth-order valence-corrected chi connectivity index (χ4v) is 2.56. The largest absolute Gasteiger partial charge is 0.458 e. The number of benzene rings is 1. The van der Waals surface area contributed by atoms with Crippen LogP contribution in [-0.2, 0) is 9.53 Å². The number of nitrogens with zero attached hydrogens (tertiary/aromatic N) is 1. The van der Waals surface area contributed by atoms with Gasteiger partial charge in [-0.1, -0.05) is 41.9 Å². The molecule has 0 bridgehead atoms. The molecule has 0 spiro atoms. The number of allylic oxidation sites excluding steroid dienone is 1. The highest BCUT2D eigenvalue weighted by atomic mass is 35.5. The van der Waals surface area contributed by atoms with E-state index in [4.69, 9.17) is 27.9 Å². The number of ether oxygens (including phenoxy) is 1. The molecule has 1 N–H and O–H groups in total. The predicted octanol–water partition coefficient (Wildman–Crippen LogP) is 3.69. The van der Waals surface area contributed by atoms with E-state index in [1.165, 1.54) is 11.0 Å². The van der Waals surface area contributed by atoms with Gasteiger partial charge in [0, 0.05) is 12.7 Å². The summed E-state index contributed by atoms with van der Waals surface area (Å²) in [6.07, 6.45) is 1.48. The maximum Gasteiger partial charge on any atom is 0.338 e. The smallest absolute Gasteiger partial charge is 0.338 e. The molecular formula is C16H16Cl2N2O3. The third-order valence-electron chi connectivity index (χ3n) is 3.58. The number of nitrogens with one attached hydrogen (secondary N) is 1. The summed E-state index contributed by atoms with van der Waals surface area (Å²) in [4.78, 5) is 25.8. The monoisotopic (exact) mass is 354 g/mol. The molecule has 122 valence electrons. The number of halogens is 2. The first kappa shape index (κ1) is 17.4. The summed E-state index contributed by atoms with van der Waals surface area (Å²) in [6, 6.07) is 3.96. The van der Waals surface area contributed by atoms with Crippen molar-refractivity contribution in [1.29, 1.82) is 0 Å². The number of esters is 1. The van der Waals surface area contributed by atoms with Crippen LogP contribution in [-0.4, -0.2) is 30.6 Å². The molecule has 1 heterocycles. The molecule has 1 aromatic rings. The average Bonchev–Trinajstić information content (AvgIpc) is 2.52. The van der Waals surface area contributed by atoms with Crippen LogP contribution in [0, 0.1) is 0 Å². The van der Waals surface area contributed by atoms with Gasteiger partial charge in [-0.2, -0.15) is 0 Å². The molecule has 1 unspecified atom stereocenters. The van der Waals surface area contributed by atoms with E-state index in [2.05, 4.69) is 11.9 Å². The van der Waals surface area contributed by atoms with Gasteiger partial charge in [-0.3, -0.25) is 0 Å². The minimum atomic E-state index is -0.661. The highest BCUT2D eigenvalue weighted by Crippen LogP contribution is 2.33. The molecule has 1 aliphatic heterocycles. The molecule has 0 radical (unpaired) electrons. The molecule has 23 heavy (non-hydrogen) atoms. The Morgan fingerprint density at radius 3 is 2.74 bits per heavy atom. The SMILES string of the molecule is C=CCOC(=O)C1=C(C)N(C)C(=O)NC1c1ccc(Cl)c(Cl)c1. The molecule has 1 aromatic carbocycles. The van der Waals surface area contributed by atoms with Crippen LogP contribution in [0.3, 0.4) is 0 Å². The Morgan fingerprint density at radius 2 is 2.13 bits per heavy atom. The van der Waals surface area contributed by atoms with Crippen molar-refractivity contribution in [3.05, 3.63) is 57.7 Å². The third kappa shape index (κ3) is 3.51. The van der Waals surface area contributed by atoms with Gasteiger partial charge >= 0.3 is 12.0 Å². The molecule has 2 rings (SSSR count). The first-order valence-corrected chi connectivity index (χ1v) is 7.60. The van der Waals surface area contributed by atoms with Gasteiger partial charge in [0.15, 0.2) is 0 Å². The molecule has 0 fully saturated rings. The molecule has 0 saturated carbocycles. The molecule has 0 aromatic heterocycles. The molecule has 5 nitrogen and oxygen atoms in total. The predicted molar refractivity (Wildman–Crippen MR) is 89.4 cm³/mol. The molecule has 7 heteroatoms. The fourth-order valence-electron chi connectivity index (χ4n) is 2.25. The molecule has 0 aliphatic carbocycles. The first-order chi connectivity index (χ1) is 10.9. The highest BCUT2D eigenvalue weighted by molar-refractivity contribution is 6.42. The molecule has 0 saturated heterocycles. The van der Waals surface area contributed by atoms with Crippen LogP contribution < -0.4 is 5.32 Å². The lowest BCUT2D eigenvalue weighted by atomic mass is 9.95. The standard InChI is InChI=1S/C16H16Cl2N2O3/c1-4-7-23-15(21)13-9(2)20(3)16(22)19-14(13)10-5-6-11(17)12(18)8-10/h4-6,8,14H,1,7H2,2-3H3,(H,19,22). The molecule has 1 atom stereocenters. The number of amides is 2. The van der Waals surface area contributed by atoms with Crippen LogP contribution in [0.1, 0.15) is 18.5 Å². The van der Waals surface area contributed by atoms with Crippen LogP contribution in [0.4, 0.5) is 4.79 Å².